The van der Waals surface area contributed by atoms with Crippen molar-refractivity contribution in [2.45, 2.75) is 19.3 Å². The van der Waals surface area contributed by atoms with Gasteiger partial charge in [-0.1, -0.05) is 18.6 Å². The first kappa shape index (κ1) is 11.8. The summed E-state index contributed by atoms with van der Waals surface area (Å²) >= 11 is 0. The van der Waals surface area contributed by atoms with Crippen molar-refractivity contribution in [2.24, 2.45) is 5.73 Å². The maximum absolute atomic E-state index is 5.46. The Morgan fingerprint density at radius 3 is 2.82 bits per heavy atom. The highest BCUT2D eigenvalue weighted by atomic mass is 15.0. The van der Waals surface area contributed by atoms with Gasteiger partial charge in [0.15, 0.2) is 0 Å². The molecular formula is C13H18N4. The van der Waals surface area contributed by atoms with Crippen molar-refractivity contribution in [3.05, 3.63) is 30.6 Å². The van der Waals surface area contributed by atoms with Crippen LogP contribution in [0.3, 0.4) is 0 Å². The number of hydrogen-bond acceptors (Lipinski definition) is 4. The molecule has 0 atom stereocenters. The minimum Gasteiger partial charge on any atom is -0.369 e. The molecule has 0 saturated heterocycles. The number of rotatable bonds is 6. The van der Waals surface area contributed by atoms with Gasteiger partial charge in [-0.05, 0) is 31.5 Å². The minimum absolute atomic E-state index is 0.774. The summed E-state index contributed by atoms with van der Waals surface area (Å²) in [4.78, 5) is 8.51. The van der Waals surface area contributed by atoms with Gasteiger partial charge < -0.3 is 11.1 Å². The molecule has 0 saturated carbocycles. The van der Waals surface area contributed by atoms with Crippen LogP contribution in [0.1, 0.15) is 19.3 Å². The van der Waals surface area contributed by atoms with Crippen LogP contribution in [0.15, 0.2) is 30.6 Å². The molecule has 0 amide bonds. The normalized spacial score (nSPS) is 10.6. The molecule has 0 bridgehead atoms. The minimum atomic E-state index is 0.774. The van der Waals surface area contributed by atoms with E-state index in [0.29, 0.717) is 0 Å². The Bertz CT molecular complexity index is 464. The summed E-state index contributed by atoms with van der Waals surface area (Å²) in [7, 11) is 0. The van der Waals surface area contributed by atoms with Gasteiger partial charge in [-0.3, -0.25) is 0 Å². The van der Waals surface area contributed by atoms with Crippen LogP contribution in [-0.2, 0) is 0 Å². The zero-order chi connectivity index (χ0) is 11.9. The third-order valence-corrected chi connectivity index (χ3v) is 2.72. The predicted octanol–water partition coefficient (Wildman–Crippen LogP) is 2.17. The summed E-state index contributed by atoms with van der Waals surface area (Å²) < 4.78 is 0. The number of fused-ring (bicyclic) bond motifs is 1. The molecule has 4 heteroatoms. The topological polar surface area (TPSA) is 63.8 Å². The van der Waals surface area contributed by atoms with E-state index in [9.17, 15) is 0 Å². The molecule has 1 aromatic heterocycles. The van der Waals surface area contributed by atoms with Gasteiger partial charge in [0.25, 0.3) is 0 Å². The molecule has 3 N–H and O–H groups in total. The molecule has 0 unspecified atom stereocenters. The fraction of sp³-hybridized carbons (Fsp3) is 0.385. The van der Waals surface area contributed by atoms with Crippen molar-refractivity contribution in [1.29, 1.82) is 0 Å². The lowest BCUT2D eigenvalue weighted by molar-refractivity contribution is 0.706. The molecule has 0 aliphatic rings. The van der Waals surface area contributed by atoms with Crippen molar-refractivity contribution in [1.82, 2.24) is 9.97 Å². The number of anilines is 1. The van der Waals surface area contributed by atoms with Crippen molar-refractivity contribution in [3.8, 4) is 0 Å². The van der Waals surface area contributed by atoms with Gasteiger partial charge in [0, 0.05) is 11.9 Å². The van der Waals surface area contributed by atoms with Crippen molar-refractivity contribution in [2.75, 3.05) is 18.4 Å². The average Bonchev–Trinajstić information content (AvgIpc) is 2.39. The molecule has 0 radical (unpaired) electrons. The van der Waals surface area contributed by atoms with E-state index in [4.69, 9.17) is 5.73 Å². The summed E-state index contributed by atoms with van der Waals surface area (Å²) in [5.41, 5.74) is 6.43. The standard InChI is InChI=1S/C13H18N4/c14-8-4-1-5-9-15-13-11-6-2-3-7-12(11)16-10-17-13/h2-3,6-7,10H,1,4-5,8-9,14H2,(H,15,16,17). The Morgan fingerprint density at radius 2 is 1.94 bits per heavy atom. The van der Waals surface area contributed by atoms with E-state index in [2.05, 4.69) is 15.3 Å². The zero-order valence-corrected chi connectivity index (χ0v) is 9.89. The smallest absolute Gasteiger partial charge is 0.137 e. The van der Waals surface area contributed by atoms with Gasteiger partial charge in [0.05, 0.1) is 5.52 Å². The van der Waals surface area contributed by atoms with Crippen molar-refractivity contribution < 1.29 is 0 Å². The number of benzene rings is 1. The first-order valence-electron chi connectivity index (χ1n) is 6.05. The highest BCUT2D eigenvalue weighted by molar-refractivity contribution is 5.88. The third-order valence-electron chi connectivity index (χ3n) is 2.72. The Labute approximate surface area is 101 Å². The third kappa shape index (κ3) is 3.14. The number of nitrogens with one attached hydrogen (secondary N) is 1. The number of para-hydroxylation sites is 1. The molecule has 1 heterocycles. The van der Waals surface area contributed by atoms with Crippen LogP contribution in [0, 0.1) is 0 Å². The van der Waals surface area contributed by atoms with Crippen LogP contribution in [0.2, 0.25) is 0 Å². The molecule has 2 rings (SSSR count). The van der Waals surface area contributed by atoms with Crippen LogP contribution in [0.5, 0.6) is 0 Å². The maximum Gasteiger partial charge on any atom is 0.137 e. The maximum atomic E-state index is 5.46. The molecule has 0 aliphatic carbocycles. The zero-order valence-electron chi connectivity index (χ0n) is 9.89. The second-order valence-electron chi connectivity index (χ2n) is 4.02. The van der Waals surface area contributed by atoms with Gasteiger partial charge >= 0.3 is 0 Å². The van der Waals surface area contributed by atoms with Crippen molar-refractivity contribution >= 4 is 16.7 Å². The lowest BCUT2D eigenvalue weighted by Gasteiger charge is -2.07. The SMILES string of the molecule is NCCCCCNc1ncnc2ccccc12. The van der Waals surface area contributed by atoms with Crippen LogP contribution in [0.25, 0.3) is 10.9 Å². The van der Waals surface area contributed by atoms with E-state index in [1.807, 2.05) is 24.3 Å². The number of aromatic nitrogens is 2. The quantitative estimate of drug-likeness (QED) is 0.746. The van der Waals surface area contributed by atoms with E-state index in [0.717, 1.165) is 49.1 Å². The Hall–Kier alpha value is -1.68. The highest BCUT2D eigenvalue weighted by Crippen LogP contribution is 2.18. The van der Waals surface area contributed by atoms with Crippen molar-refractivity contribution in [3.63, 3.8) is 0 Å². The van der Waals surface area contributed by atoms with Gasteiger partial charge in [-0.25, -0.2) is 9.97 Å². The van der Waals surface area contributed by atoms with Gasteiger partial charge in [0.1, 0.15) is 12.1 Å². The number of nitrogens with two attached hydrogens (primary N) is 1. The Kier molecular flexibility index (Phi) is 4.27. The number of hydrogen-bond donors (Lipinski definition) is 2. The molecule has 4 nitrogen and oxygen atoms in total. The fourth-order valence-corrected chi connectivity index (χ4v) is 1.80. The highest BCUT2D eigenvalue weighted by Gasteiger charge is 2.01. The molecule has 0 aliphatic heterocycles. The van der Waals surface area contributed by atoms with E-state index < -0.39 is 0 Å². The number of unbranched alkanes of at least 4 members (excludes halogenated alkanes) is 2. The summed E-state index contributed by atoms with van der Waals surface area (Å²) in [6, 6.07) is 8.03. The summed E-state index contributed by atoms with van der Waals surface area (Å²) in [5, 5.41) is 4.43. The van der Waals surface area contributed by atoms with E-state index in [1.165, 1.54) is 0 Å². The molecule has 1 aromatic carbocycles. The molecule has 2 aromatic rings. The Balaban J connectivity index is 1.98. The second kappa shape index (κ2) is 6.15. The van der Waals surface area contributed by atoms with Gasteiger partial charge in [-0.15, -0.1) is 0 Å². The fourth-order valence-electron chi connectivity index (χ4n) is 1.80. The van der Waals surface area contributed by atoms with Crippen LogP contribution in [0.4, 0.5) is 5.82 Å². The monoisotopic (exact) mass is 230 g/mol. The molecule has 90 valence electrons. The van der Waals surface area contributed by atoms with E-state index in [-0.39, 0.29) is 0 Å². The summed E-state index contributed by atoms with van der Waals surface area (Å²) in [6.07, 6.45) is 4.97. The molecule has 0 fully saturated rings. The first-order chi connectivity index (χ1) is 8.42. The van der Waals surface area contributed by atoms with E-state index >= 15 is 0 Å². The second-order valence-corrected chi connectivity index (χ2v) is 4.02. The van der Waals surface area contributed by atoms with Crippen LogP contribution in [-0.4, -0.2) is 23.1 Å². The number of nitrogens with zero attached hydrogens (tertiary/aromatic N) is 2. The van der Waals surface area contributed by atoms with Crippen LogP contribution >= 0.6 is 0 Å². The van der Waals surface area contributed by atoms with E-state index in [1.54, 1.807) is 6.33 Å². The summed E-state index contributed by atoms with van der Waals surface area (Å²) in [5.74, 6) is 0.920. The largest absolute Gasteiger partial charge is 0.369 e. The van der Waals surface area contributed by atoms with Gasteiger partial charge in [0.2, 0.25) is 0 Å². The molecular weight excluding hydrogens is 212 g/mol. The summed E-state index contributed by atoms with van der Waals surface area (Å²) in [6.45, 7) is 1.71. The molecule has 17 heavy (non-hydrogen) atoms. The lowest BCUT2D eigenvalue weighted by Crippen LogP contribution is -2.05. The predicted molar refractivity (Wildman–Crippen MR) is 70.9 cm³/mol. The van der Waals surface area contributed by atoms with Crippen LogP contribution < -0.4 is 11.1 Å². The first-order valence-corrected chi connectivity index (χ1v) is 6.05. The Morgan fingerprint density at radius 1 is 1.06 bits per heavy atom. The lowest BCUT2D eigenvalue weighted by atomic mass is 10.2. The van der Waals surface area contributed by atoms with Gasteiger partial charge in [-0.2, -0.15) is 0 Å². The average molecular weight is 230 g/mol. The molecule has 0 spiro atoms.